The number of hydrogen-bond donors (Lipinski definition) is 0. The van der Waals surface area contributed by atoms with Gasteiger partial charge in [0, 0.05) is 7.05 Å². The highest BCUT2D eigenvalue weighted by Crippen LogP contribution is 2.20. The fraction of sp³-hybridized carbons (Fsp3) is 0.444. The molecule has 0 aliphatic carbocycles. The van der Waals surface area contributed by atoms with E-state index in [-0.39, 0.29) is 0 Å². The van der Waals surface area contributed by atoms with E-state index in [9.17, 15) is 4.39 Å². The summed E-state index contributed by atoms with van der Waals surface area (Å²) in [5.74, 6) is 0. The Morgan fingerprint density at radius 2 is 2.00 bits per heavy atom. The highest BCUT2D eigenvalue weighted by Gasteiger charge is 2.10. The number of imidazole rings is 1. The van der Waals surface area contributed by atoms with E-state index in [1.165, 1.54) is 11.8 Å². The average molecular weight is 228 g/mol. The summed E-state index contributed by atoms with van der Waals surface area (Å²) in [4.78, 5) is 11.4. The van der Waals surface area contributed by atoms with Gasteiger partial charge in [-0.15, -0.1) is 11.8 Å². The molecule has 2 rings (SSSR count). The van der Waals surface area contributed by atoms with Gasteiger partial charge in [-0.25, -0.2) is 4.98 Å². The van der Waals surface area contributed by atoms with Crippen molar-refractivity contribution < 1.29 is 4.39 Å². The summed E-state index contributed by atoms with van der Waals surface area (Å²) in [6.07, 6.45) is 2.72. The van der Waals surface area contributed by atoms with Crippen molar-refractivity contribution in [2.24, 2.45) is 7.05 Å². The SMILES string of the molecule is CC.CSc1nc(F)nc2c1ncn2C. The molecule has 2 aromatic rings. The Hall–Kier alpha value is -1.17. The van der Waals surface area contributed by atoms with Crippen LogP contribution in [0, 0.1) is 6.08 Å². The first kappa shape index (κ1) is 11.9. The third-order valence-electron chi connectivity index (χ3n) is 1.69. The monoisotopic (exact) mass is 228 g/mol. The number of thioether (sulfide) groups is 1. The number of fused-ring (bicyclic) bond motifs is 1. The van der Waals surface area contributed by atoms with Crippen LogP contribution in [0.15, 0.2) is 11.4 Å². The summed E-state index contributed by atoms with van der Waals surface area (Å²) in [5.41, 5.74) is 1.17. The van der Waals surface area contributed by atoms with Crippen molar-refractivity contribution >= 4 is 22.9 Å². The average Bonchev–Trinajstić information content (AvgIpc) is 2.62. The first-order valence-electron chi connectivity index (χ1n) is 4.61. The zero-order chi connectivity index (χ0) is 11.4. The summed E-state index contributed by atoms with van der Waals surface area (Å²) in [5, 5.41) is 0.572. The van der Waals surface area contributed by atoms with Crippen LogP contribution in [0.1, 0.15) is 13.8 Å². The van der Waals surface area contributed by atoms with Gasteiger partial charge >= 0.3 is 6.08 Å². The Morgan fingerprint density at radius 1 is 1.33 bits per heavy atom. The number of nitrogens with zero attached hydrogens (tertiary/aromatic N) is 4. The van der Waals surface area contributed by atoms with E-state index >= 15 is 0 Å². The molecular formula is C9H13FN4S. The van der Waals surface area contributed by atoms with Gasteiger partial charge < -0.3 is 4.57 Å². The highest BCUT2D eigenvalue weighted by molar-refractivity contribution is 7.98. The minimum absolute atomic E-state index is 0.525. The van der Waals surface area contributed by atoms with Crippen molar-refractivity contribution in [1.82, 2.24) is 19.5 Å². The normalized spacial score (nSPS) is 9.93. The third-order valence-corrected chi connectivity index (χ3v) is 2.37. The third kappa shape index (κ3) is 2.26. The molecule has 0 saturated heterocycles. The van der Waals surface area contributed by atoms with E-state index in [0.717, 1.165) is 0 Å². The van der Waals surface area contributed by atoms with Gasteiger partial charge in [-0.2, -0.15) is 14.4 Å². The quantitative estimate of drug-likeness (QED) is 0.426. The maximum absolute atomic E-state index is 12.9. The van der Waals surface area contributed by atoms with Gasteiger partial charge in [0.15, 0.2) is 5.65 Å². The molecule has 0 aliphatic heterocycles. The standard InChI is InChI=1S/C7H7FN4S.C2H6/c1-12-3-9-4-5(12)10-7(8)11-6(4)13-2;1-2/h3H,1-2H3;1-2H3. The Balaban J connectivity index is 0.000000531. The predicted octanol–water partition coefficient (Wildman–Crippen LogP) is 2.25. The topological polar surface area (TPSA) is 43.6 Å². The fourth-order valence-electron chi connectivity index (χ4n) is 1.10. The molecule has 0 aromatic carbocycles. The second-order valence-corrected chi connectivity index (χ2v) is 3.32. The number of aromatic nitrogens is 4. The molecule has 0 radical (unpaired) electrons. The molecule has 6 heteroatoms. The molecule has 2 aromatic heterocycles. The summed E-state index contributed by atoms with van der Waals surface area (Å²) in [6.45, 7) is 4.00. The van der Waals surface area contributed by atoms with Crippen LogP contribution in [0.3, 0.4) is 0 Å². The molecule has 0 aliphatic rings. The van der Waals surface area contributed by atoms with Crippen LogP contribution in [-0.4, -0.2) is 25.8 Å². The van der Waals surface area contributed by atoms with Crippen molar-refractivity contribution in [2.75, 3.05) is 6.26 Å². The molecule has 0 amide bonds. The minimum atomic E-state index is -0.708. The molecule has 0 spiro atoms. The van der Waals surface area contributed by atoms with Crippen LogP contribution in [0.4, 0.5) is 4.39 Å². The number of rotatable bonds is 1. The van der Waals surface area contributed by atoms with Crippen LogP contribution in [-0.2, 0) is 7.05 Å². The zero-order valence-electron chi connectivity index (χ0n) is 9.15. The molecule has 4 nitrogen and oxygen atoms in total. The lowest BCUT2D eigenvalue weighted by molar-refractivity contribution is 0.532. The lowest BCUT2D eigenvalue weighted by Gasteiger charge is -1.97. The molecular weight excluding hydrogens is 215 g/mol. The van der Waals surface area contributed by atoms with Gasteiger partial charge in [0.05, 0.1) is 6.33 Å². The van der Waals surface area contributed by atoms with Gasteiger partial charge in [0.1, 0.15) is 10.5 Å². The molecule has 0 N–H and O–H groups in total. The van der Waals surface area contributed by atoms with Gasteiger partial charge in [-0.05, 0) is 6.26 Å². The van der Waals surface area contributed by atoms with Gasteiger partial charge in [0.2, 0.25) is 0 Å². The summed E-state index contributed by atoms with van der Waals surface area (Å²) < 4.78 is 14.5. The molecule has 0 saturated carbocycles. The smallest absolute Gasteiger partial charge is 0.311 e. The van der Waals surface area contributed by atoms with Gasteiger partial charge in [0.25, 0.3) is 0 Å². The van der Waals surface area contributed by atoms with Crippen LogP contribution in [0.2, 0.25) is 0 Å². The largest absolute Gasteiger partial charge is 0.318 e. The van der Waals surface area contributed by atoms with E-state index in [0.29, 0.717) is 16.2 Å². The molecule has 15 heavy (non-hydrogen) atoms. The van der Waals surface area contributed by atoms with E-state index < -0.39 is 6.08 Å². The first-order chi connectivity index (χ1) is 7.22. The minimum Gasteiger partial charge on any atom is -0.318 e. The van der Waals surface area contributed by atoms with E-state index in [1.807, 2.05) is 20.1 Å². The van der Waals surface area contributed by atoms with Crippen LogP contribution in [0.5, 0.6) is 0 Å². The Kier molecular flexibility index (Phi) is 4.02. The van der Waals surface area contributed by atoms with Crippen molar-refractivity contribution in [3.05, 3.63) is 12.4 Å². The molecule has 82 valence electrons. The van der Waals surface area contributed by atoms with Crippen molar-refractivity contribution in [3.8, 4) is 0 Å². The van der Waals surface area contributed by atoms with Crippen molar-refractivity contribution in [2.45, 2.75) is 18.9 Å². The maximum atomic E-state index is 12.9. The first-order valence-corrected chi connectivity index (χ1v) is 5.83. The second-order valence-electron chi connectivity index (χ2n) is 2.53. The highest BCUT2D eigenvalue weighted by atomic mass is 32.2. The van der Waals surface area contributed by atoms with E-state index in [1.54, 1.807) is 17.9 Å². The lowest BCUT2D eigenvalue weighted by Crippen LogP contribution is -1.95. The van der Waals surface area contributed by atoms with Crippen LogP contribution >= 0.6 is 11.8 Å². The van der Waals surface area contributed by atoms with Crippen molar-refractivity contribution in [3.63, 3.8) is 0 Å². The van der Waals surface area contributed by atoms with Gasteiger partial charge in [-0.1, -0.05) is 13.8 Å². The summed E-state index contributed by atoms with van der Waals surface area (Å²) in [6, 6.07) is 0. The number of aryl methyl sites for hydroxylation is 1. The molecule has 0 unspecified atom stereocenters. The Labute approximate surface area is 91.9 Å². The predicted molar refractivity (Wildman–Crippen MR) is 59.4 cm³/mol. The van der Waals surface area contributed by atoms with Crippen molar-refractivity contribution in [1.29, 1.82) is 0 Å². The summed E-state index contributed by atoms with van der Waals surface area (Å²) in [7, 11) is 1.77. The molecule has 0 fully saturated rings. The van der Waals surface area contributed by atoms with E-state index in [4.69, 9.17) is 0 Å². The molecule has 0 atom stereocenters. The number of hydrogen-bond acceptors (Lipinski definition) is 4. The van der Waals surface area contributed by atoms with Gasteiger partial charge in [-0.3, -0.25) is 0 Å². The lowest BCUT2D eigenvalue weighted by atomic mass is 10.5. The van der Waals surface area contributed by atoms with E-state index in [2.05, 4.69) is 15.0 Å². The van der Waals surface area contributed by atoms with Crippen LogP contribution in [0.25, 0.3) is 11.2 Å². The fourth-order valence-corrected chi connectivity index (χ4v) is 1.60. The summed E-state index contributed by atoms with van der Waals surface area (Å²) >= 11 is 1.36. The number of halogens is 1. The second kappa shape index (κ2) is 5.06. The Bertz CT molecular complexity index is 455. The molecule has 0 bridgehead atoms. The zero-order valence-corrected chi connectivity index (χ0v) is 9.97. The van der Waals surface area contributed by atoms with Crippen LogP contribution < -0.4 is 0 Å². The molecule has 2 heterocycles. The Morgan fingerprint density at radius 3 is 2.60 bits per heavy atom. The maximum Gasteiger partial charge on any atom is 0.311 e.